The molecule has 1 N–H and O–H groups in total. The van der Waals surface area contributed by atoms with Gasteiger partial charge in [-0.05, 0) is 36.8 Å². The fourth-order valence-electron chi connectivity index (χ4n) is 2.22. The van der Waals surface area contributed by atoms with Crippen LogP contribution in [0.3, 0.4) is 0 Å². The second-order valence-corrected chi connectivity index (χ2v) is 5.36. The van der Waals surface area contributed by atoms with E-state index in [1.165, 1.54) is 4.57 Å². The quantitative estimate of drug-likeness (QED) is 0.807. The molecular weight excluding hydrogens is 304 g/mol. The zero-order chi connectivity index (χ0) is 15.7. The van der Waals surface area contributed by atoms with E-state index in [9.17, 15) is 9.59 Å². The normalized spacial score (nSPS) is 10.8. The van der Waals surface area contributed by atoms with Crippen molar-refractivity contribution in [1.29, 1.82) is 0 Å². The Morgan fingerprint density at radius 1 is 1.27 bits per heavy atom. The number of oxazole rings is 1. The van der Waals surface area contributed by atoms with Gasteiger partial charge >= 0.3 is 5.76 Å². The fourth-order valence-corrected chi connectivity index (χ4v) is 2.50. The van der Waals surface area contributed by atoms with E-state index in [0.717, 1.165) is 5.56 Å². The van der Waals surface area contributed by atoms with Gasteiger partial charge in [-0.3, -0.25) is 9.36 Å². The Hall–Kier alpha value is -2.53. The molecule has 0 aliphatic rings. The van der Waals surface area contributed by atoms with Crippen LogP contribution >= 0.6 is 11.6 Å². The summed E-state index contributed by atoms with van der Waals surface area (Å²) in [6.07, 6.45) is 0. The molecule has 0 bridgehead atoms. The number of rotatable bonds is 3. The Morgan fingerprint density at radius 3 is 2.82 bits per heavy atom. The summed E-state index contributed by atoms with van der Waals surface area (Å²) in [7, 11) is 0. The third-order valence-electron chi connectivity index (χ3n) is 3.27. The van der Waals surface area contributed by atoms with Crippen molar-refractivity contribution in [3.05, 3.63) is 63.6 Å². The summed E-state index contributed by atoms with van der Waals surface area (Å²) in [5.41, 5.74) is 2.55. The van der Waals surface area contributed by atoms with Crippen molar-refractivity contribution in [3.63, 3.8) is 0 Å². The Morgan fingerprint density at radius 2 is 2.05 bits per heavy atom. The van der Waals surface area contributed by atoms with Crippen LogP contribution in [-0.4, -0.2) is 10.5 Å². The van der Waals surface area contributed by atoms with Crippen molar-refractivity contribution < 1.29 is 9.21 Å². The Kier molecular flexibility index (Phi) is 3.73. The number of fused-ring (bicyclic) bond motifs is 1. The topological polar surface area (TPSA) is 64.2 Å². The van der Waals surface area contributed by atoms with E-state index in [2.05, 4.69) is 5.32 Å². The van der Waals surface area contributed by atoms with Gasteiger partial charge in [-0.1, -0.05) is 29.8 Å². The average Bonchev–Trinajstić information content (AvgIpc) is 2.78. The van der Waals surface area contributed by atoms with Crippen molar-refractivity contribution in [3.8, 4) is 0 Å². The number of anilines is 1. The maximum atomic E-state index is 12.1. The van der Waals surface area contributed by atoms with E-state index in [1.54, 1.807) is 36.4 Å². The molecule has 0 spiro atoms. The van der Waals surface area contributed by atoms with Gasteiger partial charge in [0.15, 0.2) is 5.58 Å². The number of para-hydroxylation sites is 2. The van der Waals surface area contributed by atoms with Crippen molar-refractivity contribution in [2.75, 3.05) is 5.32 Å². The zero-order valence-electron chi connectivity index (χ0n) is 11.8. The molecule has 1 aromatic heterocycles. The SMILES string of the molecule is Cc1ccc(NC(=O)Cn2c(=O)oc3ccccc32)c(Cl)c1. The molecule has 6 heteroatoms. The number of carbonyl (C=O) groups is 1. The maximum absolute atomic E-state index is 12.1. The number of carbonyl (C=O) groups excluding carboxylic acids is 1. The molecule has 3 rings (SSSR count). The second-order valence-electron chi connectivity index (χ2n) is 4.95. The van der Waals surface area contributed by atoms with Crippen molar-refractivity contribution in [1.82, 2.24) is 4.57 Å². The summed E-state index contributed by atoms with van der Waals surface area (Å²) in [6.45, 7) is 1.77. The standard InChI is InChI=1S/C16H13ClN2O3/c1-10-6-7-12(11(17)8-10)18-15(20)9-19-13-4-2-3-5-14(13)22-16(19)21/h2-8H,9H2,1H3,(H,18,20). The van der Waals surface area contributed by atoms with Crippen molar-refractivity contribution in [2.24, 2.45) is 0 Å². The number of nitrogens with one attached hydrogen (secondary N) is 1. The Bertz CT molecular complexity index is 911. The molecule has 0 unspecified atom stereocenters. The Balaban J connectivity index is 1.84. The average molecular weight is 317 g/mol. The summed E-state index contributed by atoms with van der Waals surface area (Å²) in [5, 5.41) is 3.15. The molecule has 0 aliphatic heterocycles. The van der Waals surface area contributed by atoms with Crippen molar-refractivity contribution >= 4 is 34.3 Å². The minimum absolute atomic E-state index is 0.139. The first-order valence-corrected chi connectivity index (χ1v) is 7.07. The molecule has 0 fully saturated rings. The van der Waals surface area contributed by atoms with Crippen LogP contribution in [0.25, 0.3) is 11.1 Å². The van der Waals surface area contributed by atoms with Crippen LogP contribution in [0.1, 0.15) is 5.56 Å². The van der Waals surface area contributed by atoms with Crippen LogP contribution in [0.15, 0.2) is 51.7 Å². The van der Waals surface area contributed by atoms with E-state index in [1.807, 2.05) is 13.0 Å². The number of hydrogen-bond acceptors (Lipinski definition) is 3. The highest BCUT2D eigenvalue weighted by Gasteiger charge is 2.13. The molecule has 5 nitrogen and oxygen atoms in total. The molecule has 22 heavy (non-hydrogen) atoms. The molecule has 0 atom stereocenters. The predicted octanol–water partition coefficient (Wildman–Crippen LogP) is 3.20. The summed E-state index contributed by atoms with van der Waals surface area (Å²) < 4.78 is 6.38. The first-order valence-electron chi connectivity index (χ1n) is 6.69. The lowest BCUT2D eigenvalue weighted by molar-refractivity contribution is -0.116. The molecule has 2 aromatic carbocycles. The van der Waals surface area contributed by atoms with Crippen LogP contribution in [-0.2, 0) is 11.3 Å². The number of aromatic nitrogens is 1. The molecule has 112 valence electrons. The summed E-state index contributed by atoms with van der Waals surface area (Å²) >= 11 is 6.08. The van der Waals surface area contributed by atoms with Crippen LogP contribution in [0.4, 0.5) is 5.69 Å². The highest BCUT2D eigenvalue weighted by Crippen LogP contribution is 2.22. The zero-order valence-corrected chi connectivity index (χ0v) is 12.6. The van der Waals surface area contributed by atoms with Gasteiger partial charge in [-0.25, -0.2) is 4.79 Å². The lowest BCUT2D eigenvalue weighted by Crippen LogP contribution is -2.24. The van der Waals surface area contributed by atoms with E-state index in [4.69, 9.17) is 16.0 Å². The van der Waals surface area contributed by atoms with E-state index in [0.29, 0.717) is 21.8 Å². The minimum Gasteiger partial charge on any atom is -0.408 e. The van der Waals surface area contributed by atoms with Gasteiger partial charge in [0.25, 0.3) is 0 Å². The number of nitrogens with zero attached hydrogens (tertiary/aromatic N) is 1. The monoisotopic (exact) mass is 316 g/mol. The molecule has 1 amide bonds. The van der Waals surface area contributed by atoms with Crippen LogP contribution < -0.4 is 11.1 Å². The summed E-state index contributed by atoms with van der Waals surface area (Å²) in [6, 6.07) is 12.3. The van der Waals surface area contributed by atoms with Gasteiger partial charge < -0.3 is 9.73 Å². The number of hydrogen-bond donors (Lipinski definition) is 1. The van der Waals surface area contributed by atoms with Gasteiger partial charge in [-0.2, -0.15) is 0 Å². The minimum atomic E-state index is -0.564. The van der Waals surface area contributed by atoms with Crippen molar-refractivity contribution in [2.45, 2.75) is 13.5 Å². The molecule has 1 heterocycles. The van der Waals surface area contributed by atoms with Gasteiger partial charge in [0, 0.05) is 0 Å². The third kappa shape index (κ3) is 2.76. The van der Waals surface area contributed by atoms with E-state index >= 15 is 0 Å². The van der Waals surface area contributed by atoms with E-state index in [-0.39, 0.29) is 12.5 Å². The third-order valence-corrected chi connectivity index (χ3v) is 3.59. The lowest BCUT2D eigenvalue weighted by atomic mass is 10.2. The molecular formula is C16H13ClN2O3. The van der Waals surface area contributed by atoms with E-state index < -0.39 is 5.76 Å². The highest BCUT2D eigenvalue weighted by atomic mass is 35.5. The Labute approximate surface area is 131 Å². The molecule has 0 saturated carbocycles. The fraction of sp³-hybridized carbons (Fsp3) is 0.125. The predicted molar refractivity (Wildman–Crippen MR) is 85.3 cm³/mol. The molecule has 3 aromatic rings. The number of benzene rings is 2. The van der Waals surface area contributed by atoms with Crippen LogP contribution in [0, 0.1) is 6.92 Å². The number of halogens is 1. The lowest BCUT2D eigenvalue weighted by Gasteiger charge is -2.08. The molecule has 0 aliphatic carbocycles. The number of amides is 1. The first-order chi connectivity index (χ1) is 10.5. The first kappa shape index (κ1) is 14.4. The van der Waals surface area contributed by atoms with Gasteiger partial charge in [-0.15, -0.1) is 0 Å². The molecule has 0 radical (unpaired) electrons. The summed E-state index contributed by atoms with van der Waals surface area (Å²) in [5.74, 6) is -0.911. The van der Waals surface area contributed by atoms with Crippen LogP contribution in [0.5, 0.6) is 0 Å². The molecule has 0 saturated heterocycles. The second kappa shape index (κ2) is 5.69. The summed E-state index contributed by atoms with van der Waals surface area (Å²) in [4.78, 5) is 24.0. The van der Waals surface area contributed by atoms with Gasteiger partial charge in [0.2, 0.25) is 5.91 Å². The smallest absolute Gasteiger partial charge is 0.408 e. The number of aryl methyl sites for hydroxylation is 1. The van der Waals surface area contributed by atoms with Gasteiger partial charge in [0.05, 0.1) is 16.2 Å². The maximum Gasteiger partial charge on any atom is 0.420 e. The highest BCUT2D eigenvalue weighted by molar-refractivity contribution is 6.33. The van der Waals surface area contributed by atoms with Gasteiger partial charge in [0.1, 0.15) is 6.54 Å². The largest absolute Gasteiger partial charge is 0.420 e. The van der Waals surface area contributed by atoms with Crippen LogP contribution in [0.2, 0.25) is 5.02 Å².